The number of nitrogens with zero attached hydrogens (tertiary/aromatic N) is 1. The summed E-state index contributed by atoms with van der Waals surface area (Å²) in [7, 11) is 2.20. The zero-order valence-corrected chi connectivity index (χ0v) is 7.44. The second-order valence-electron chi connectivity index (χ2n) is 3.81. The molecule has 0 atom stereocenters. The molecule has 1 saturated heterocycles. The summed E-state index contributed by atoms with van der Waals surface area (Å²) in [4.78, 5) is 2.43. The Bertz CT molecular complexity index is 116. The highest BCUT2D eigenvalue weighted by molar-refractivity contribution is 4.98. The Kier molecular flexibility index (Phi) is 2.02. The predicted molar refractivity (Wildman–Crippen MR) is 44.2 cm³/mol. The molecule has 0 spiro atoms. The van der Waals surface area contributed by atoms with E-state index in [-0.39, 0.29) is 0 Å². The summed E-state index contributed by atoms with van der Waals surface area (Å²) in [6.07, 6.45) is 0. The lowest BCUT2D eigenvalue weighted by Crippen LogP contribution is -2.67. The van der Waals surface area contributed by atoms with Crippen LogP contribution >= 0.6 is 0 Å². The monoisotopic (exact) mass is 142 g/mol. The normalized spacial score (nSPS) is 23.4. The minimum Gasteiger partial charge on any atom is -0.313 e. The van der Waals surface area contributed by atoms with Gasteiger partial charge in [0.1, 0.15) is 0 Å². The van der Waals surface area contributed by atoms with Crippen molar-refractivity contribution in [3.63, 3.8) is 0 Å². The third kappa shape index (κ3) is 1.18. The van der Waals surface area contributed by atoms with Crippen LogP contribution in [-0.4, -0.2) is 36.6 Å². The molecule has 0 bridgehead atoms. The maximum absolute atomic E-state index is 3.30. The highest BCUT2D eigenvalue weighted by Crippen LogP contribution is 2.19. The van der Waals surface area contributed by atoms with E-state index in [1.165, 1.54) is 0 Å². The van der Waals surface area contributed by atoms with Crippen LogP contribution in [0.4, 0.5) is 0 Å². The van der Waals surface area contributed by atoms with Crippen LogP contribution in [0.25, 0.3) is 0 Å². The molecule has 60 valence electrons. The van der Waals surface area contributed by atoms with Crippen molar-refractivity contribution in [2.24, 2.45) is 0 Å². The van der Waals surface area contributed by atoms with Gasteiger partial charge in [-0.2, -0.15) is 0 Å². The highest BCUT2D eigenvalue weighted by atomic mass is 15.3. The van der Waals surface area contributed by atoms with Crippen molar-refractivity contribution in [2.45, 2.75) is 32.4 Å². The van der Waals surface area contributed by atoms with Crippen LogP contribution < -0.4 is 5.32 Å². The summed E-state index contributed by atoms with van der Waals surface area (Å²) in [6.45, 7) is 9.07. The van der Waals surface area contributed by atoms with Crippen molar-refractivity contribution in [1.82, 2.24) is 10.2 Å². The van der Waals surface area contributed by atoms with Crippen LogP contribution in [0.5, 0.6) is 0 Å². The van der Waals surface area contributed by atoms with Crippen molar-refractivity contribution in [1.29, 1.82) is 0 Å². The second kappa shape index (κ2) is 2.51. The molecule has 1 aliphatic heterocycles. The lowest BCUT2D eigenvalue weighted by Gasteiger charge is -2.48. The lowest BCUT2D eigenvalue weighted by molar-refractivity contribution is 0.0527. The predicted octanol–water partition coefficient (Wildman–Crippen LogP) is 0.689. The Morgan fingerprint density at radius 3 is 2.00 bits per heavy atom. The van der Waals surface area contributed by atoms with Gasteiger partial charge in [-0.25, -0.2) is 0 Å². The number of hydrogen-bond donors (Lipinski definition) is 1. The van der Waals surface area contributed by atoms with Crippen LogP contribution in [0.1, 0.15) is 20.8 Å². The molecule has 2 nitrogen and oxygen atoms in total. The standard InChI is InChI=1S/C8H18N2/c1-7(2)10(4)8(3)5-9-6-8/h7,9H,5-6H2,1-4H3. The first-order valence-corrected chi connectivity index (χ1v) is 4.00. The average molecular weight is 142 g/mol. The van der Waals surface area contributed by atoms with Crippen molar-refractivity contribution < 1.29 is 0 Å². The average Bonchev–Trinajstić information content (AvgIpc) is 1.81. The molecular formula is C8H18N2. The van der Waals surface area contributed by atoms with Crippen LogP contribution in [0.3, 0.4) is 0 Å². The Morgan fingerprint density at radius 2 is 1.90 bits per heavy atom. The van der Waals surface area contributed by atoms with Gasteiger partial charge < -0.3 is 5.32 Å². The molecule has 2 heteroatoms. The van der Waals surface area contributed by atoms with Gasteiger partial charge in [0, 0.05) is 24.7 Å². The molecule has 0 amide bonds. The first kappa shape index (κ1) is 8.02. The number of hydrogen-bond acceptors (Lipinski definition) is 2. The van der Waals surface area contributed by atoms with E-state index < -0.39 is 0 Å². The van der Waals surface area contributed by atoms with Gasteiger partial charge in [-0.15, -0.1) is 0 Å². The van der Waals surface area contributed by atoms with Crippen molar-refractivity contribution in [2.75, 3.05) is 20.1 Å². The maximum atomic E-state index is 3.30. The van der Waals surface area contributed by atoms with Gasteiger partial charge in [0.15, 0.2) is 0 Å². The lowest BCUT2D eigenvalue weighted by atomic mass is 9.92. The molecule has 0 unspecified atom stereocenters. The van der Waals surface area contributed by atoms with Gasteiger partial charge in [0.2, 0.25) is 0 Å². The fraction of sp³-hybridized carbons (Fsp3) is 1.00. The highest BCUT2D eigenvalue weighted by Gasteiger charge is 2.36. The zero-order valence-electron chi connectivity index (χ0n) is 7.44. The molecule has 1 fully saturated rings. The number of likely N-dealkylation sites (N-methyl/N-ethyl adjacent to an activating group) is 1. The topological polar surface area (TPSA) is 15.3 Å². The minimum absolute atomic E-state index is 0.425. The Balaban J connectivity index is 2.46. The summed E-state index contributed by atoms with van der Waals surface area (Å²) in [5.74, 6) is 0. The van der Waals surface area contributed by atoms with E-state index in [0.29, 0.717) is 11.6 Å². The number of nitrogens with one attached hydrogen (secondary N) is 1. The van der Waals surface area contributed by atoms with E-state index in [4.69, 9.17) is 0 Å². The minimum atomic E-state index is 0.425. The fourth-order valence-electron chi connectivity index (χ4n) is 1.36. The zero-order chi connectivity index (χ0) is 7.78. The van der Waals surface area contributed by atoms with Gasteiger partial charge in [-0.3, -0.25) is 4.90 Å². The van der Waals surface area contributed by atoms with Crippen LogP contribution in [0.2, 0.25) is 0 Å². The third-order valence-electron chi connectivity index (χ3n) is 2.64. The Labute approximate surface area is 63.6 Å². The molecule has 0 aliphatic carbocycles. The summed E-state index contributed by atoms with van der Waals surface area (Å²) in [5, 5.41) is 3.30. The van der Waals surface area contributed by atoms with E-state index in [0.717, 1.165) is 13.1 Å². The molecule has 1 N–H and O–H groups in total. The van der Waals surface area contributed by atoms with Crippen LogP contribution in [0, 0.1) is 0 Å². The van der Waals surface area contributed by atoms with Gasteiger partial charge in [-0.05, 0) is 27.8 Å². The van der Waals surface area contributed by atoms with E-state index in [1.54, 1.807) is 0 Å². The summed E-state index contributed by atoms with van der Waals surface area (Å²) < 4.78 is 0. The molecule has 0 radical (unpaired) electrons. The van der Waals surface area contributed by atoms with E-state index in [1.807, 2.05) is 0 Å². The van der Waals surface area contributed by atoms with Crippen molar-refractivity contribution >= 4 is 0 Å². The number of rotatable bonds is 2. The summed E-state index contributed by atoms with van der Waals surface area (Å²) >= 11 is 0. The van der Waals surface area contributed by atoms with Gasteiger partial charge >= 0.3 is 0 Å². The van der Waals surface area contributed by atoms with Gasteiger partial charge in [0.05, 0.1) is 0 Å². The van der Waals surface area contributed by atoms with Crippen LogP contribution in [0.15, 0.2) is 0 Å². The van der Waals surface area contributed by atoms with Gasteiger partial charge in [-0.1, -0.05) is 0 Å². The fourth-order valence-corrected chi connectivity index (χ4v) is 1.36. The maximum Gasteiger partial charge on any atom is 0.0429 e. The summed E-state index contributed by atoms with van der Waals surface area (Å²) in [5.41, 5.74) is 0.425. The van der Waals surface area contributed by atoms with E-state index >= 15 is 0 Å². The largest absolute Gasteiger partial charge is 0.313 e. The Morgan fingerprint density at radius 1 is 1.40 bits per heavy atom. The first-order chi connectivity index (χ1) is 4.56. The first-order valence-electron chi connectivity index (χ1n) is 4.00. The molecule has 1 heterocycles. The molecule has 1 aliphatic rings. The molecule has 1 rings (SSSR count). The molecular weight excluding hydrogens is 124 g/mol. The quantitative estimate of drug-likeness (QED) is 0.610. The van der Waals surface area contributed by atoms with Crippen molar-refractivity contribution in [3.05, 3.63) is 0 Å². The second-order valence-corrected chi connectivity index (χ2v) is 3.81. The third-order valence-corrected chi connectivity index (χ3v) is 2.64. The molecule has 0 aromatic carbocycles. The molecule has 10 heavy (non-hydrogen) atoms. The smallest absolute Gasteiger partial charge is 0.0429 e. The Hall–Kier alpha value is -0.0800. The van der Waals surface area contributed by atoms with Crippen molar-refractivity contribution in [3.8, 4) is 0 Å². The summed E-state index contributed by atoms with van der Waals surface area (Å²) in [6, 6.07) is 0.659. The van der Waals surface area contributed by atoms with E-state index in [9.17, 15) is 0 Å². The molecule has 0 aromatic rings. The molecule has 0 aromatic heterocycles. The van der Waals surface area contributed by atoms with Gasteiger partial charge in [0.25, 0.3) is 0 Å². The molecule has 0 saturated carbocycles. The SMILES string of the molecule is CC(C)N(C)C1(C)CNC1. The van der Waals surface area contributed by atoms with E-state index in [2.05, 4.69) is 38.0 Å². The van der Waals surface area contributed by atoms with Crippen LogP contribution in [-0.2, 0) is 0 Å².